The molecule has 0 radical (unpaired) electrons. The third-order valence-electron chi connectivity index (χ3n) is 3.55. The smallest absolute Gasteiger partial charge is 0.209 e. The van der Waals surface area contributed by atoms with Crippen LogP contribution in [-0.4, -0.2) is 16.9 Å². The van der Waals surface area contributed by atoms with Crippen molar-refractivity contribution in [2.24, 2.45) is 0 Å². The lowest BCUT2D eigenvalue weighted by Gasteiger charge is -2.14. The van der Waals surface area contributed by atoms with Crippen LogP contribution in [0.1, 0.15) is 17.0 Å². The minimum absolute atomic E-state index is 0.632. The van der Waals surface area contributed by atoms with Gasteiger partial charge in [0.15, 0.2) is 5.76 Å². The number of nitriles is 1. The number of aromatic nitrogens is 1. The van der Waals surface area contributed by atoms with Crippen LogP contribution in [0.2, 0.25) is 0 Å². The van der Waals surface area contributed by atoms with Gasteiger partial charge in [-0.2, -0.15) is 5.26 Å². The Morgan fingerprint density at radius 3 is 2.48 bits per heavy atom. The van der Waals surface area contributed by atoms with Gasteiger partial charge >= 0.3 is 0 Å². The molecule has 0 aliphatic carbocycles. The van der Waals surface area contributed by atoms with E-state index >= 15 is 0 Å². The zero-order chi connectivity index (χ0) is 16.1. The zero-order valence-electron chi connectivity index (χ0n) is 12.9. The van der Waals surface area contributed by atoms with Crippen molar-refractivity contribution in [3.8, 4) is 17.4 Å². The van der Waals surface area contributed by atoms with Gasteiger partial charge in [-0.25, -0.2) is 4.98 Å². The Kier molecular flexibility index (Phi) is 4.51. The summed E-state index contributed by atoms with van der Waals surface area (Å²) in [5.41, 5.74) is 2.86. The molecule has 1 aromatic heterocycles. The lowest BCUT2D eigenvalue weighted by molar-refractivity contribution is 0.283. The SMILES string of the molecule is CN(Cc1ccc(C#N)cc1)Cc1ncc(-c2ccccc2)o1. The first-order chi connectivity index (χ1) is 11.2. The van der Waals surface area contributed by atoms with Crippen LogP contribution in [0.25, 0.3) is 11.3 Å². The molecular formula is C19H17N3O. The van der Waals surface area contributed by atoms with Gasteiger partial charge < -0.3 is 4.42 Å². The molecule has 0 spiro atoms. The van der Waals surface area contributed by atoms with Crippen molar-refractivity contribution in [2.45, 2.75) is 13.1 Å². The molecule has 0 unspecified atom stereocenters. The molecule has 3 rings (SSSR count). The van der Waals surface area contributed by atoms with Crippen LogP contribution < -0.4 is 0 Å². The van der Waals surface area contributed by atoms with E-state index in [-0.39, 0.29) is 0 Å². The number of oxazole rings is 1. The molecular weight excluding hydrogens is 286 g/mol. The number of nitrogens with zero attached hydrogens (tertiary/aromatic N) is 3. The third-order valence-corrected chi connectivity index (χ3v) is 3.55. The second-order valence-corrected chi connectivity index (χ2v) is 5.47. The number of hydrogen-bond acceptors (Lipinski definition) is 4. The van der Waals surface area contributed by atoms with Gasteiger partial charge in [-0.05, 0) is 24.7 Å². The molecule has 0 bridgehead atoms. The zero-order valence-corrected chi connectivity index (χ0v) is 12.9. The summed E-state index contributed by atoms with van der Waals surface area (Å²) in [4.78, 5) is 6.48. The van der Waals surface area contributed by atoms with Crippen molar-refractivity contribution < 1.29 is 4.42 Å². The number of benzene rings is 2. The summed E-state index contributed by atoms with van der Waals surface area (Å²) in [6, 6.07) is 19.7. The molecule has 0 aliphatic heterocycles. The highest BCUT2D eigenvalue weighted by Crippen LogP contribution is 2.20. The molecule has 0 aliphatic rings. The van der Waals surface area contributed by atoms with Crippen LogP contribution in [0.4, 0.5) is 0 Å². The van der Waals surface area contributed by atoms with Crippen LogP contribution >= 0.6 is 0 Å². The van der Waals surface area contributed by atoms with E-state index in [1.165, 1.54) is 0 Å². The molecule has 114 valence electrons. The first-order valence-electron chi connectivity index (χ1n) is 7.42. The van der Waals surface area contributed by atoms with Crippen LogP contribution in [0.15, 0.2) is 65.2 Å². The van der Waals surface area contributed by atoms with Gasteiger partial charge in [0, 0.05) is 12.1 Å². The van der Waals surface area contributed by atoms with Crippen molar-refractivity contribution in [2.75, 3.05) is 7.05 Å². The van der Waals surface area contributed by atoms with Gasteiger partial charge in [-0.3, -0.25) is 4.90 Å². The molecule has 23 heavy (non-hydrogen) atoms. The van der Waals surface area contributed by atoms with E-state index in [0.29, 0.717) is 18.0 Å². The van der Waals surface area contributed by atoms with E-state index in [1.54, 1.807) is 6.20 Å². The lowest BCUT2D eigenvalue weighted by Crippen LogP contribution is -2.17. The lowest BCUT2D eigenvalue weighted by atomic mass is 10.1. The number of hydrogen-bond donors (Lipinski definition) is 0. The molecule has 0 saturated heterocycles. The van der Waals surface area contributed by atoms with Crippen molar-refractivity contribution in [3.05, 3.63) is 77.8 Å². The minimum atomic E-state index is 0.632. The van der Waals surface area contributed by atoms with E-state index in [9.17, 15) is 0 Å². The summed E-state index contributed by atoms with van der Waals surface area (Å²) in [5, 5.41) is 8.82. The molecule has 4 heteroatoms. The highest BCUT2D eigenvalue weighted by atomic mass is 16.4. The summed E-state index contributed by atoms with van der Waals surface area (Å²) in [5.74, 6) is 1.48. The third kappa shape index (κ3) is 3.85. The average Bonchev–Trinajstić information content (AvgIpc) is 3.04. The van der Waals surface area contributed by atoms with Gasteiger partial charge in [0.05, 0.1) is 24.4 Å². The van der Waals surface area contributed by atoms with Crippen LogP contribution in [0, 0.1) is 11.3 Å². The standard InChI is InChI=1S/C19H17N3O/c1-22(13-16-9-7-15(11-20)8-10-16)14-19-21-12-18(23-19)17-5-3-2-4-6-17/h2-10,12H,13-14H2,1H3. The summed E-state index contributed by atoms with van der Waals surface area (Å²) in [6.07, 6.45) is 1.76. The maximum absolute atomic E-state index is 8.82. The van der Waals surface area contributed by atoms with Crippen molar-refractivity contribution >= 4 is 0 Å². The maximum Gasteiger partial charge on any atom is 0.209 e. The van der Waals surface area contributed by atoms with Crippen molar-refractivity contribution in [3.63, 3.8) is 0 Å². The van der Waals surface area contributed by atoms with E-state index in [2.05, 4.69) is 16.0 Å². The summed E-state index contributed by atoms with van der Waals surface area (Å²) >= 11 is 0. The second-order valence-electron chi connectivity index (χ2n) is 5.47. The van der Waals surface area contributed by atoms with Crippen LogP contribution in [-0.2, 0) is 13.1 Å². The van der Waals surface area contributed by atoms with Gasteiger partial charge in [0.25, 0.3) is 0 Å². The Balaban J connectivity index is 1.63. The molecule has 0 fully saturated rings. The van der Waals surface area contributed by atoms with E-state index < -0.39 is 0 Å². The Morgan fingerprint density at radius 2 is 1.78 bits per heavy atom. The van der Waals surface area contributed by atoms with Crippen molar-refractivity contribution in [1.82, 2.24) is 9.88 Å². The Bertz CT molecular complexity index is 801. The van der Waals surface area contributed by atoms with Gasteiger partial charge in [0.1, 0.15) is 0 Å². The fourth-order valence-electron chi connectivity index (χ4n) is 2.40. The molecule has 4 nitrogen and oxygen atoms in total. The first kappa shape index (κ1) is 15.0. The minimum Gasteiger partial charge on any atom is -0.439 e. The maximum atomic E-state index is 8.82. The van der Waals surface area contributed by atoms with Crippen LogP contribution in [0.3, 0.4) is 0 Å². The predicted molar refractivity (Wildman–Crippen MR) is 88.3 cm³/mol. The molecule has 0 saturated carbocycles. The van der Waals surface area contributed by atoms with E-state index in [1.807, 2.05) is 61.6 Å². The molecule has 2 aromatic carbocycles. The van der Waals surface area contributed by atoms with Gasteiger partial charge in [0.2, 0.25) is 5.89 Å². The molecule has 3 aromatic rings. The quantitative estimate of drug-likeness (QED) is 0.718. The second kappa shape index (κ2) is 6.91. The molecule has 1 heterocycles. The Labute approximate surface area is 135 Å². The van der Waals surface area contributed by atoms with Crippen molar-refractivity contribution in [1.29, 1.82) is 5.26 Å². The monoisotopic (exact) mass is 303 g/mol. The van der Waals surface area contributed by atoms with E-state index in [0.717, 1.165) is 23.4 Å². The highest BCUT2D eigenvalue weighted by Gasteiger charge is 2.09. The summed E-state index contributed by atoms with van der Waals surface area (Å²) in [7, 11) is 2.02. The fraction of sp³-hybridized carbons (Fsp3) is 0.158. The Morgan fingerprint density at radius 1 is 1.04 bits per heavy atom. The normalized spacial score (nSPS) is 10.7. The first-order valence-corrected chi connectivity index (χ1v) is 7.42. The Hall–Kier alpha value is -2.90. The fourth-order valence-corrected chi connectivity index (χ4v) is 2.40. The topological polar surface area (TPSA) is 53.1 Å². The van der Waals surface area contributed by atoms with Crippen LogP contribution in [0.5, 0.6) is 0 Å². The average molecular weight is 303 g/mol. The van der Waals surface area contributed by atoms with Gasteiger partial charge in [-0.1, -0.05) is 42.5 Å². The highest BCUT2D eigenvalue weighted by molar-refractivity contribution is 5.55. The van der Waals surface area contributed by atoms with E-state index in [4.69, 9.17) is 9.68 Å². The number of rotatable bonds is 5. The predicted octanol–water partition coefficient (Wildman–Crippen LogP) is 3.85. The largest absolute Gasteiger partial charge is 0.439 e. The summed E-state index contributed by atoms with van der Waals surface area (Å²) in [6.45, 7) is 1.40. The van der Waals surface area contributed by atoms with Gasteiger partial charge in [-0.15, -0.1) is 0 Å². The summed E-state index contributed by atoms with van der Waals surface area (Å²) < 4.78 is 5.82. The molecule has 0 amide bonds. The molecule has 0 atom stereocenters. The molecule has 0 N–H and O–H groups in total.